The van der Waals surface area contributed by atoms with Gasteiger partial charge < -0.3 is 10.2 Å². The Kier molecular flexibility index (Phi) is 6.01. The summed E-state index contributed by atoms with van der Waals surface area (Å²) in [6.45, 7) is 10.7. The Labute approximate surface area is 135 Å². The van der Waals surface area contributed by atoms with E-state index in [2.05, 4.69) is 45.1 Å². The summed E-state index contributed by atoms with van der Waals surface area (Å²) in [7, 11) is 0. The summed E-state index contributed by atoms with van der Waals surface area (Å²) in [5.41, 5.74) is 4.57. The summed E-state index contributed by atoms with van der Waals surface area (Å²) in [6.07, 6.45) is 6.05. The van der Waals surface area contributed by atoms with Crippen molar-refractivity contribution in [3.05, 3.63) is 28.8 Å². The van der Waals surface area contributed by atoms with Crippen LogP contribution in [0.1, 0.15) is 55.7 Å². The van der Waals surface area contributed by atoms with Crippen LogP contribution in [0.5, 0.6) is 0 Å². The lowest BCUT2D eigenvalue weighted by Crippen LogP contribution is -3.16. The minimum Gasteiger partial charge on any atom is -0.325 e. The van der Waals surface area contributed by atoms with E-state index in [0.717, 1.165) is 36.3 Å². The van der Waals surface area contributed by atoms with Crippen LogP contribution in [0.15, 0.2) is 12.1 Å². The largest absolute Gasteiger partial charge is 0.325 e. The second kappa shape index (κ2) is 7.77. The fraction of sp³-hybridized carbons (Fsp3) is 0.632. The predicted molar refractivity (Wildman–Crippen MR) is 92.5 cm³/mol. The smallest absolute Gasteiger partial charge is 0.282 e. The number of likely N-dealkylation sites (tertiary alicyclic amines) is 1. The van der Waals surface area contributed by atoms with Crippen molar-refractivity contribution in [3.8, 4) is 0 Å². The zero-order valence-electron chi connectivity index (χ0n) is 14.6. The predicted octanol–water partition coefficient (Wildman–Crippen LogP) is 2.79. The third-order valence-electron chi connectivity index (χ3n) is 4.89. The molecule has 0 radical (unpaired) electrons. The Morgan fingerprint density at radius 3 is 2.14 bits per heavy atom. The van der Waals surface area contributed by atoms with Crippen molar-refractivity contribution in [1.82, 2.24) is 0 Å². The summed E-state index contributed by atoms with van der Waals surface area (Å²) in [5.74, 6) is 0.189. The summed E-state index contributed by atoms with van der Waals surface area (Å²) >= 11 is 0. The van der Waals surface area contributed by atoms with Crippen molar-refractivity contribution in [2.24, 2.45) is 0 Å². The minimum absolute atomic E-state index is 0.0817. The maximum absolute atomic E-state index is 12.8. The molecule has 1 atom stereocenters. The van der Waals surface area contributed by atoms with E-state index >= 15 is 0 Å². The van der Waals surface area contributed by atoms with Gasteiger partial charge >= 0.3 is 0 Å². The van der Waals surface area contributed by atoms with E-state index < -0.39 is 0 Å². The van der Waals surface area contributed by atoms with Crippen molar-refractivity contribution in [2.75, 3.05) is 18.4 Å². The number of hydrogen-bond donors (Lipinski definition) is 2. The van der Waals surface area contributed by atoms with Gasteiger partial charge in [0.15, 0.2) is 6.04 Å². The lowest BCUT2D eigenvalue weighted by molar-refractivity contribution is -0.915. The van der Waals surface area contributed by atoms with Gasteiger partial charge in [-0.3, -0.25) is 4.79 Å². The van der Waals surface area contributed by atoms with Gasteiger partial charge in [-0.1, -0.05) is 24.6 Å². The average Bonchev–Trinajstić information content (AvgIpc) is 2.73. The maximum Gasteiger partial charge on any atom is 0.282 e. The number of rotatable bonds is 4. The average molecular weight is 303 g/mol. The molecule has 1 heterocycles. The van der Waals surface area contributed by atoms with Gasteiger partial charge in [-0.05, 0) is 57.6 Å². The van der Waals surface area contributed by atoms with Crippen molar-refractivity contribution in [1.29, 1.82) is 0 Å². The van der Waals surface area contributed by atoms with E-state index in [1.165, 1.54) is 36.1 Å². The van der Waals surface area contributed by atoms with Gasteiger partial charge in [-0.25, -0.2) is 0 Å². The first-order chi connectivity index (χ1) is 10.5. The van der Waals surface area contributed by atoms with Gasteiger partial charge in [0.25, 0.3) is 5.91 Å². The number of quaternary nitrogens is 1. The fourth-order valence-corrected chi connectivity index (χ4v) is 3.78. The highest BCUT2D eigenvalue weighted by Gasteiger charge is 2.29. The first-order valence-electron chi connectivity index (χ1n) is 8.76. The standard InChI is InChI=1S/C19H30N2O/c1-5-17(21-10-8-6-7-9-11-21)19(22)20-18-15(3)12-14(2)13-16(18)4/h12-13,17H,5-11H2,1-4H3,(H,20,22)/p+1/t17-/m1/s1. The molecule has 1 aromatic carbocycles. The number of amides is 1. The Balaban J connectivity index is 2.12. The molecule has 0 bridgehead atoms. The number of benzene rings is 1. The van der Waals surface area contributed by atoms with Crippen LogP contribution in [0.25, 0.3) is 0 Å². The van der Waals surface area contributed by atoms with Gasteiger partial charge in [0.2, 0.25) is 0 Å². The molecule has 22 heavy (non-hydrogen) atoms. The van der Waals surface area contributed by atoms with Crippen LogP contribution in [0.2, 0.25) is 0 Å². The van der Waals surface area contributed by atoms with Crippen molar-refractivity contribution in [2.45, 2.75) is 65.8 Å². The monoisotopic (exact) mass is 303 g/mol. The molecule has 122 valence electrons. The molecule has 0 aromatic heterocycles. The molecule has 2 N–H and O–H groups in total. The van der Waals surface area contributed by atoms with E-state index in [0.29, 0.717) is 0 Å². The molecule has 1 aliphatic rings. The van der Waals surface area contributed by atoms with Crippen molar-refractivity contribution >= 4 is 11.6 Å². The molecule has 3 nitrogen and oxygen atoms in total. The molecule has 3 heteroatoms. The van der Waals surface area contributed by atoms with E-state index in [1.807, 2.05) is 0 Å². The zero-order chi connectivity index (χ0) is 16.1. The quantitative estimate of drug-likeness (QED) is 0.881. The topological polar surface area (TPSA) is 33.5 Å². The van der Waals surface area contributed by atoms with Gasteiger partial charge in [0.1, 0.15) is 0 Å². The highest BCUT2D eigenvalue weighted by Crippen LogP contribution is 2.22. The lowest BCUT2D eigenvalue weighted by Gasteiger charge is -2.26. The van der Waals surface area contributed by atoms with E-state index in [1.54, 1.807) is 0 Å². The highest BCUT2D eigenvalue weighted by atomic mass is 16.2. The number of carbonyl (C=O) groups is 1. The molecule has 0 unspecified atom stereocenters. The van der Waals surface area contributed by atoms with E-state index in [9.17, 15) is 4.79 Å². The van der Waals surface area contributed by atoms with Crippen LogP contribution in [0, 0.1) is 20.8 Å². The molecular weight excluding hydrogens is 272 g/mol. The van der Waals surface area contributed by atoms with Crippen LogP contribution >= 0.6 is 0 Å². The summed E-state index contributed by atoms with van der Waals surface area (Å²) in [6, 6.07) is 4.36. The van der Waals surface area contributed by atoms with Crippen molar-refractivity contribution in [3.63, 3.8) is 0 Å². The molecule has 1 aliphatic heterocycles. The molecular formula is C19H31N2O+. The van der Waals surface area contributed by atoms with Crippen molar-refractivity contribution < 1.29 is 9.69 Å². The third-order valence-corrected chi connectivity index (χ3v) is 4.89. The Morgan fingerprint density at radius 2 is 1.64 bits per heavy atom. The second-order valence-corrected chi connectivity index (χ2v) is 6.80. The number of aryl methyl sites for hydroxylation is 3. The first kappa shape index (κ1) is 17.0. The number of hydrogen-bond acceptors (Lipinski definition) is 1. The first-order valence-corrected chi connectivity index (χ1v) is 8.76. The number of anilines is 1. The van der Waals surface area contributed by atoms with E-state index in [-0.39, 0.29) is 11.9 Å². The normalized spacial score (nSPS) is 17.8. The molecule has 0 saturated carbocycles. The lowest BCUT2D eigenvalue weighted by atomic mass is 10.0. The van der Waals surface area contributed by atoms with Gasteiger partial charge in [0.05, 0.1) is 13.1 Å². The van der Waals surface area contributed by atoms with Gasteiger partial charge in [0, 0.05) is 12.1 Å². The zero-order valence-corrected chi connectivity index (χ0v) is 14.6. The second-order valence-electron chi connectivity index (χ2n) is 6.80. The Morgan fingerprint density at radius 1 is 1.09 bits per heavy atom. The number of carbonyl (C=O) groups excluding carboxylic acids is 1. The summed E-state index contributed by atoms with van der Waals surface area (Å²) in [4.78, 5) is 14.3. The van der Waals surface area contributed by atoms with Crippen LogP contribution in [0.4, 0.5) is 5.69 Å². The molecule has 0 spiro atoms. The Hall–Kier alpha value is -1.35. The molecule has 0 aliphatic carbocycles. The Bertz CT molecular complexity index is 493. The molecule has 1 aromatic rings. The fourth-order valence-electron chi connectivity index (χ4n) is 3.78. The maximum atomic E-state index is 12.8. The van der Waals surface area contributed by atoms with E-state index in [4.69, 9.17) is 0 Å². The summed E-state index contributed by atoms with van der Waals surface area (Å²) in [5, 5.41) is 3.21. The molecule has 1 amide bonds. The molecule has 2 rings (SSSR count). The highest BCUT2D eigenvalue weighted by molar-refractivity contribution is 5.95. The van der Waals surface area contributed by atoms with Crippen LogP contribution in [-0.4, -0.2) is 25.0 Å². The summed E-state index contributed by atoms with van der Waals surface area (Å²) < 4.78 is 0. The van der Waals surface area contributed by atoms with Crippen LogP contribution in [0.3, 0.4) is 0 Å². The minimum atomic E-state index is 0.0817. The van der Waals surface area contributed by atoms with Gasteiger partial charge in [-0.2, -0.15) is 0 Å². The molecule has 1 fully saturated rings. The van der Waals surface area contributed by atoms with Gasteiger partial charge in [-0.15, -0.1) is 0 Å². The number of nitrogens with one attached hydrogen (secondary N) is 2. The van der Waals surface area contributed by atoms with Crippen LogP contribution in [-0.2, 0) is 4.79 Å². The molecule has 1 saturated heterocycles. The van der Waals surface area contributed by atoms with Crippen LogP contribution < -0.4 is 10.2 Å². The SMILES string of the molecule is CC[C@H](C(=O)Nc1c(C)cc(C)cc1C)[NH+]1CCCCCC1. The third kappa shape index (κ3) is 4.10.